The molecule has 0 spiro atoms. The van der Waals surface area contributed by atoms with E-state index >= 15 is 0 Å². The SMILES string of the molecule is N/C=C\Nc1cccc2c1oc1ccccc12. The van der Waals surface area contributed by atoms with Crippen LogP contribution in [-0.4, -0.2) is 0 Å². The lowest BCUT2D eigenvalue weighted by Crippen LogP contribution is -1.89. The summed E-state index contributed by atoms with van der Waals surface area (Å²) in [6, 6.07) is 14.0. The molecule has 0 atom stereocenters. The van der Waals surface area contributed by atoms with Crippen LogP contribution in [0.2, 0.25) is 0 Å². The van der Waals surface area contributed by atoms with Gasteiger partial charge >= 0.3 is 0 Å². The molecule has 1 heterocycles. The van der Waals surface area contributed by atoms with Gasteiger partial charge in [-0.25, -0.2) is 0 Å². The first-order valence-electron chi connectivity index (χ1n) is 5.43. The number of hydrogen-bond acceptors (Lipinski definition) is 3. The molecule has 84 valence electrons. The molecule has 0 aliphatic carbocycles. The second kappa shape index (κ2) is 3.87. The molecule has 3 rings (SSSR count). The molecule has 17 heavy (non-hydrogen) atoms. The van der Waals surface area contributed by atoms with Crippen LogP contribution in [0.1, 0.15) is 0 Å². The summed E-state index contributed by atoms with van der Waals surface area (Å²) >= 11 is 0. The number of furan rings is 1. The Morgan fingerprint density at radius 1 is 1.00 bits per heavy atom. The van der Waals surface area contributed by atoms with Crippen LogP contribution in [0.15, 0.2) is 59.3 Å². The molecular formula is C14H12N2O. The molecular weight excluding hydrogens is 212 g/mol. The summed E-state index contributed by atoms with van der Waals surface area (Å²) in [5.41, 5.74) is 7.99. The van der Waals surface area contributed by atoms with E-state index in [1.54, 1.807) is 6.20 Å². The van der Waals surface area contributed by atoms with Crippen molar-refractivity contribution in [1.29, 1.82) is 0 Å². The van der Waals surface area contributed by atoms with Crippen molar-refractivity contribution in [3.05, 3.63) is 54.9 Å². The Morgan fingerprint density at radius 2 is 1.82 bits per heavy atom. The topological polar surface area (TPSA) is 51.2 Å². The van der Waals surface area contributed by atoms with Crippen molar-refractivity contribution in [3.63, 3.8) is 0 Å². The van der Waals surface area contributed by atoms with E-state index in [9.17, 15) is 0 Å². The summed E-state index contributed by atoms with van der Waals surface area (Å²) in [7, 11) is 0. The molecule has 0 saturated carbocycles. The van der Waals surface area contributed by atoms with Crippen LogP contribution in [0.3, 0.4) is 0 Å². The smallest absolute Gasteiger partial charge is 0.158 e. The number of anilines is 1. The van der Waals surface area contributed by atoms with E-state index in [2.05, 4.69) is 17.4 Å². The summed E-state index contributed by atoms with van der Waals surface area (Å²) in [6.45, 7) is 0. The van der Waals surface area contributed by atoms with Gasteiger partial charge in [0.25, 0.3) is 0 Å². The zero-order valence-corrected chi connectivity index (χ0v) is 9.18. The molecule has 0 aliphatic rings. The van der Waals surface area contributed by atoms with Gasteiger partial charge in [0.05, 0.1) is 5.69 Å². The van der Waals surface area contributed by atoms with E-state index in [1.807, 2.05) is 30.3 Å². The average molecular weight is 224 g/mol. The lowest BCUT2D eigenvalue weighted by molar-refractivity contribution is 0.670. The number of hydrogen-bond donors (Lipinski definition) is 2. The van der Waals surface area contributed by atoms with Gasteiger partial charge in [-0.05, 0) is 12.1 Å². The van der Waals surface area contributed by atoms with Crippen LogP contribution >= 0.6 is 0 Å². The first-order chi connectivity index (χ1) is 8.40. The second-order valence-corrected chi connectivity index (χ2v) is 3.78. The third-order valence-electron chi connectivity index (χ3n) is 2.74. The van der Waals surface area contributed by atoms with E-state index < -0.39 is 0 Å². The highest BCUT2D eigenvalue weighted by Gasteiger charge is 2.08. The normalized spacial score (nSPS) is 11.5. The molecule has 3 N–H and O–H groups in total. The Kier molecular flexibility index (Phi) is 2.22. The van der Waals surface area contributed by atoms with Gasteiger partial charge in [0.1, 0.15) is 5.58 Å². The molecule has 3 aromatic rings. The highest BCUT2D eigenvalue weighted by Crippen LogP contribution is 2.32. The van der Waals surface area contributed by atoms with E-state index in [1.165, 1.54) is 6.20 Å². The Labute approximate surface area is 98.5 Å². The molecule has 1 aromatic heterocycles. The minimum Gasteiger partial charge on any atom is -0.454 e. The van der Waals surface area contributed by atoms with Crippen LogP contribution < -0.4 is 11.1 Å². The van der Waals surface area contributed by atoms with E-state index in [0.717, 1.165) is 27.6 Å². The van der Waals surface area contributed by atoms with Crippen LogP contribution in [0.5, 0.6) is 0 Å². The quantitative estimate of drug-likeness (QED) is 0.701. The fraction of sp³-hybridized carbons (Fsp3) is 0. The van der Waals surface area contributed by atoms with Crippen LogP contribution in [0.4, 0.5) is 5.69 Å². The van der Waals surface area contributed by atoms with E-state index in [-0.39, 0.29) is 0 Å². The number of para-hydroxylation sites is 2. The highest BCUT2D eigenvalue weighted by molar-refractivity contribution is 6.08. The fourth-order valence-corrected chi connectivity index (χ4v) is 2.00. The maximum Gasteiger partial charge on any atom is 0.158 e. The molecule has 3 nitrogen and oxygen atoms in total. The number of benzene rings is 2. The zero-order valence-electron chi connectivity index (χ0n) is 9.18. The van der Waals surface area contributed by atoms with Crippen molar-refractivity contribution in [2.75, 3.05) is 5.32 Å². The number of nitrogens with one attached hydrogen (secondary N) is 1. The highest BCUT2D eigenvalue weighted by atomic mass is 16.3. The Hall–Kier alpha value is -2.42. The molecule has 0 saturated heterocycles. The summed E-state index contributed by atoms with van der Waals surface area (Å²) < 4.78 is 5.84. The van der Waals surface area contributed by atoms with Gasteiger partial charge in [0, 0.05) is 23.2 Å². The number of fused-ring (bicyclic) bond motifs is 3. The Morgan fingerprint density at radius 3 is 2.71 bits per heavy atom. The molecule has 2 aromatic carbocycles. The van der Waals surface area contributed by atoms with Gasteiger partial charge in [0.15, 0.2) is 5.58 Å². The lowest BCUT2D eigenvalue weighted by Gasteiger charge is -2.00. The van der Waals surface area contributed by atoms with Gasteiger partial charge in [0.2, 0.25) is 0 Å². The maximum absolute atomic E-state index is 5.84. The predicted molar refractivity (Wildman–Crippen MR) is 70.7 cm³/mol. The standard InChI is InChI=1S/C14H12N2O/c15-8-9-16-12-6-3-5-11-10-4-1-2-7-13(10)17-14(11)12/h1-9,16H,15H2/b9-8-. The molecule has 0 aliphatic heterocycles. The van der Waals surface area contributed by atoms with Crippen LogP contribution in [0, 0.1) is 0 Å². The van der Waals surface area contributed by atoms with Crippen LogP contribution in [0.25, 0.3) is 21.9 Å². The summed E-state index contributed by atoms with van der Waals surface area (Å²) in [5, 5.41) is 5.33. The lowest BCUT2D eigenvalue weighted by atomic mass is 10.1. The summed E-state index contributed by atoms with van der Waals surface area (Å²) in [4.78, 5) is 0. The third kappa shape index (κ3) is 1.52. The first kappa shape index (κ1) is 9.78. The first-order valence-corrected chi connectivity index (χ1v) is 5.43. The van der Waals surface area contributed by atoms with Gasteiger partial charge < -0.3 is 15.5 Å². The minimum absolute atomic E-state index is 0.854. The van der Waals surface area contributed by atoms with Crippen molar-refractivity contribution in [2.45, 2.75) is 0 Å². The Balaban J connectivity index is 2.31. The Bertz CT molecular complexity index is 698. The molecule has 0 unspecified atom stereocenters. The fourth-order valence-electron chi connectivity index (χ4n) is 2.00. The number of rotatable bonds is 2. The average Bonchev–Trinajstić information content (AvgIpc) is 2.75. The summed E-state index contributed by atoms with van der Waals surface area (Å²) in [6.07, 6.45) is 3.14. The predicted octanol–water partition coefficient (Wildman–Crippen LogP) is 3.43. The van der Waals surface area contributed by atoms with Gasteiger partial charge in [-0.3, -0.25) is 0 Å². The van der Waals surface area contributed by atoms with Crippen LogP contribution in [-0.2, 0) is 0 Å². The maximum atomic E-state index is 5.84. The molecule has 3 heteroatoms. The molecule has 0 amide bonds. The second-order valence-electron chi connectivity index (χ2n) is 3.78. The molecule has 0 fully saturated rings. The summed E-state index contributed by atoms with van der Waals surface area (Å²) in [5.74, 6) is 0. The van der Waals surface area contributed by atoms with E-state index in [0.29, 0.717) is 0 Å². The zero-order chi connectivity index (χ0) is 11.7. The van der Waals surface area contributed by atoms with Crippen molar-refractivity contribution in [3.8, 4) is 0 Å². The third-order valence-corrected chi connectivity index (χ3v) is 2.74. The van der Waals surface area contributed by atoms with Crippen molar-refractivity contribution < 1.29 is 4.42 Å². The van der Waals surface area contributed by atoms with Crippen molar-refractivity contribution in [1.82, 2.24) is 0 Å². The molecule has 0 radical (unpaired) electrons. The van der Waals surface area contributed by atoms with Gasteiger partial charge in [-0.15, -0.1) is 0 Å². The van der Waals surface area contributed by atoms with E-state index in [4.69, 9.17) is 10.2 Å². The molecule has 0 bridgehead atoms. The van der Waals surface area contributed by atoms with Gasteiger partial charge in [-0.1, -0.05) is 30.3 Å². The monoisotopic (exact) mass is 224 g/mol. The number of nitrogens with two attached hydrogens (primary N) is 1. The van der Waals surface area contributed by atoms with Crippen molar-refractivity contribution in [2.24, 2.45) is 5.73 Å². The minimum atomic E-state index is 0.854. The van der Waals surface area contributed by atoms with Crippen molar-refractivity contribution >= 4 is 27.6 Å². The van der Waals surface area contributed by atoms with Gasteiger partial charge in [-0.2, -0.15) is 0 Å². The largest absolute Gasteiger partial charge is 0.454 e.